The number of nitrogens with zero attached hydrogens (tertiary/aromatic N) is 1. The van der Waals surface area contributed by atoms with Crippen molar-refractivity contribution in [1.29, 1.82) is 5.26 Å². The molecule has 23 heavy (non-hydrogen) atoms. The molecule has 7 heteroatoms. The van der Waals surface area contributed by atoms with Crippen molar-refractivity contribution >= 4 is 15.7 Å². The van der Waals surface area contributed by atoms with Crippen molar-refractivity contribution in [1.82, 2.24) is 5.32 Å². The molecule has 1 fully saturated rings. The van der Waals surface area contributed by atoms with Crippen LogP contribution in [0.15, 0.2) is 29.2 Å². The molecule has 2 unspecified atom stereocenters. The van der Waals surface area contributed by atoms with Crippen molar-refractivity contribution in [2.75, 3.05) is 12.4 Å². The molecule has 0 aliphatic carbocycles. The molecular formula is C16H20N2O4S. The highest BCUT2D eigenvalue weighted by atomic mass is 32.2. The zero-order valence-corrected chi connectivity index (χ0v) is 14.0. The van der Waals surface area contributed by atoms with E-state index in [0.717, 1.165) is 5.56 Å². The number of hydrogen-bond donors (Lipinski definition) is 1. The first-order valence-electron chi connectivity index (χ1n) is 7.53. The largest absolute Gasteiger partial charge is 0.352 e. The highest BCUT2D eigenvalue weighted by Gasteiger charge is 2.43. The Hall–Kier alpha value is -1.91. The van der Waals surface area contributed by atoms with Crippen LogP contribution in [0.3, 0.4) is 0 Å². The van der Waals surface area contributed by atoms with E-state index in [0.29, 0.717) is 19.4 Å². The maximum Gasteiger partial charge on any atom is 0.267 e. The van der Waals surface area contributed by atoms with Crippen LogP contribution in [0.4, 0.5) is 0 Å². The molecular weight excluding hydrogens is 316 g/mol. The summed E-state index contributed by atoms with van der Waals surface area (Å²) < 4.78 is 28.9. The number of carbonyl (C=O) groups excluding carboxylic acids is 1. The molecule has 1 saturated heterocycles. The molecule has 0 spiro atoms. The van der Waals surface area contributed by atoms with Gasteiger partial charge in [-0.05, 0) is 31.0 Å². The molecule has 6 nitrogen and oxygen atoms in total. The Morgan fingerprint density at radius 1 is 1.43 bits per heavy atom. The number of amides is 1. The maximum absolute atomic E-state index is 12.3. The van der Waals surface area contributed by atoms with E-state index in [9.17, 15) is 18.5 Å². The SMILES string of the molecule is CCS(=O)(=O)c1ccc(C(C)NC(=O)C2(C#N)CCCO2)cc1. The Morgan fingerprint density at radius 2 is 2.09 bits per heavy atom. The minimum absolute atomic E-state index is 0.0423. The number of benzene rings is 1. The fraction of sp³-hybridized carbons (Fsp3) is 0.500. The molecule has 0 bridgehead atoms. The molecule has 1 heterocycles. The zero-order chi connectivity index (χ0) is 17.1. The number of sulfone groups is 1. The summed E-state index contributed by atoms with van der Waals surface area (Å²) in [4.78, 5) is 12.6. The molecule has 1 aromatic rings. The van der Waals surface area contributed by atoms with Gasteiger partial charge in [0.25, 0.3) is 5.91 Å². The van der Waals surface area contributed by atoms with E-state index in [2.05, 4.69) is 5.32 Å². The average Bonchev–Trinajstić information content (AvgIpc) is 3.05. The van der Waals surface area contributed by atoms with E-state index in [1.165, 1.54) is 12.1 Å². The lowest BCUT2D eigenvalue weighted by atomic mass is 10.00. The van der Waals surface area contributed by atoms with Gasteiger partial charge >= 0.3 is 0 Å². The number of nitrogens with one attached hydrogen (secondary N) is 1. The smallest absolute Gasteiger partial charge is 0.267 e. The van der Waals surface area contributed by atoms with Gasteiger partial charge in [-0.15, -0.1) is 0 Å². The van der Waals surface area contributed by atoms with Crippen LogP contribution in [-0.4, -0.2) is 32.3 Å². The predicted octanol–water partition coefficient (Wildman–Crippen LogP) is 1.73. The Kier molecular flexibility index (Phi) is 5.07. The normalized spacial score (nSPS) is 22.3. The van der Waals surface area contributed by atoms with Crippen LogP contribution in [0.5, 0.6) is 0 Å². The monoisotopic (exact) mass is 336 g/mol. The fourth-order valence-electron chi connectivity index (χ4n) is 2.48. The first kappa shape index (κ1) is 17.4. The van der Waals surface area contributed by atoms with Gasteiger partial charge in [-0.2, -0.15) is 5.26 Å². The van der Waals surface area contributed by atoms with E-state index in [1.807, 2.05) is 6.07 Å². The van der Waals surface area contributed by atoms with Gasteiger partial charge in [0.2, 0.25) is 5.60 Å². The molecule has 1 aromatic carbocycles. The van der Waals surface area contributed by atoms with Crippen molar-refractivity contribution in [3.05, 3.63) is 29.8 Å². The molecule has 1 aliphatic rings. The number of carbonyl (C=O) groups is 1. The van der Waals surface area contributed by atoms with Crippen molar-refractivity contribution in [3.63, 3.8) is 0 Å². The number of rotatable bonds is 5. The van der Waals surface area contributed by atoms with Crippen LogP contribution < -0.4 is 5.32 Å². The lowest BCUT2D eigenvalue weighted by Gasteiger charge is -2.22. The average molecular weight is 336 g/mol. The van der Waals surface area contributed by atoms with Crippen LogP contribution >= 0.6 is 0 Å². The molecule has 124 valence electrons. The van der Waals surface area contributed by atoms with Crippen LogP contribution in [-0.2, 0) is 19.4 Å². The van der Waals surface area contributed by atoms with Gasteiger partial charge in [-0.1, -0.05) is 19.1 Å². The third-order valence-corrected chi connectivity index (χ3v) is 5.79. The summed E-state index contributed by atoms with van der Waals surface area (Å²) >= 11 is 0. The lowest BCUT2D eigenvalue weighted by molar-refractivity contribution is -0.136. The molecule has 2 atom stereocenters. The highest BCUT2D eigenvalue weighted by Crippen LogP contribution is 2.26. The summed E-state index contributed by atoms with van der Waals surface area (Å²) in [5.74, 6) is -0.407. The third kappa shape index (κ3) is 3.54. The Morgan fingerprint density at radius 3 is 2.57 bits per heavy atom. The maximum atomic E-state index is 12.3. The van der Waals surface area contributed by atoms with Crippen molar-refractivity contribution < 1.29 is 17.9 Å². The number of ether oxygens (including phenoxy) is 1. The minimum atomic E-state index is -3.24. The van der Waals surface area contributed by atoms with Crippen LogP contribution in [0, 0.1) is 11.3 Å². The number of hydrogen-bond acceptors (Lipinski definition) is 5. The molecule has 1 amide bonds. The predicted molar refractivity (Wildman–Crippen MR) is 84.3 cm³/mol. The van der Waals surface area contributed by atoms with Crippen LogP contribution in [0.25, 0.3) is 0 Å². The Bertz CT molecular complexity index is 713. The Balaban J connectivity index is 2.11. The molecule has 1 aliphatic heterocycles. The molecule has 0 radical (unpaired) electrons. The summed E-state index contributed by atoms with van der Waals surface area (Å²) in [7, 11) is -3.24. The van der Waals surface area contributed by atoms with Crippen LogP contribution in [0.1, 0.15) is 38.3 Å². The number of nitriles is 1. The molecule has 2 rings (SSSR count). The van der Waals surface area contributed by atoms with Gasteiger partial charge in [0.05, 0.1) is 16.7 Å². The lowest BCUT2D eigenvalue weighted by Crippen LogP contribution is -2.46. The van der Waals surface area contributed by atoms with Crippen molar-refractivity contribution in [2.45, 2.75) is 43.2 Å². The van der Waals surface area contributed by atoms with Gasteiger partial charge in [-0.25, -0.2) is 8.42 Å². The second-order valence-corrected chi connectivity index (χ2v) is 7.84. The summed E-state index contributed by atoms with van der Waals surface area (Å²) in [5.41, 5.74) is -0.640. The summed E-state index contributed by atoms with van der Waals surface area (Å²) in [6.45, 7) is 3.77. The quantitative estimate of drug-likeness (QED) is 0.883. The first-order valence-corrected chi connectivity index (χ1v) is 9.19. The summed E-state index contributed by atoms with van der Waals surface area (Å²) in [6.07, 6.45) is 1.06. The van der Waals surface area contributed by atoms with E-state index in [1.54, 1.807) is 26.0 Å². The van der Waals surface area contributed by atoms with Crippen LogP contribution in [0.2, 0.25) is 0 Å². The van der Waals surface area contributed by atoms with Gasteiger partial charge < -0.3 is 10.1 Å². The molecule has 1 N–H and O–H groups in total. The highest BCUT2D eigenvalue weighted by molar-refractivity contribution is 7.91. The van der Waals surface area contributed by atoms with E-state index < -0.39 is 21.3 Å². The topological polar surface area (TPSA) is 96.3 Å². The fourth-order valence-corrected chi connectivity index (χ4v) is 3.37. The van der Waals surface area contributed by atoms with Gasteiger partial charge in [0.1, 0.15) is 6.07 Å². The Labute approximate surface area is 136 Å². The standard InChI is InChI=1S/C16H20N2O4S/c1-3-23(20,21)14-7-5-13(6-8-14)12(2)18-15(19)16(11-17)9-4-10-22-16/h5-8,12H,3-4,9-10H2,1-2H3,(H,18,19). The molecule has 0 saturated carbocycles. The van der Waals surface area contributed by atoms with Gasteiger partial charge in [0.15, 0.2) is 9.84 Å². The van der Waals surface area contributed by atoms with Gasteiger partial charge in [-0.3, -0.25) is 4.79 Å². The second-order valence-electron chi connectivity index (χ2n) is 5.56. The second kappa shape index (κ2) is 6.69. The van der Waals surface area contributed by atoms with Gasteiger partial charge in [0, 0.05) is 13.0 Å². The minimum Gasteiger partial charge on any atom is -0.352 e. The van der Waals surface area contributed by atoms with E-state index >= 15 is 0 Å². The van der Waals surface area contributed by atoms with Crippen molar-refractivity contribution in [2.24, 2.45) is 0 Å². The first-order chi connectivity index (χ1) is 10.8. The third-order valence-electron chi connectivity index (χ3n) is 4.04. The summed E-state index contributed by atoms with van der Waals surface area (Å²) in [5, 5.41) is 12.0. The van der Waals surface area contributed by atoms with Crippen molar-refractivity contribution in [3.8, 4) is 6.07 Å². The van der Waals surface area contributed by atoms with E-state index in [4.69, 9.17) is 4.74 Å². The zero-order valence-electron chi connectivity index (χ0n) is 13.2. The van der Waals surface area contributed by atoms with E-state index in [-0.39, 0.29) is 16.7 Å². The summed E-state index contributed by atoms with van der Waals surface area (Å²) in [6, 6.07) is 8.00. The molecule has 0 aromatic heterocycles.